The van der Waals surface area contributed by atoms with Crippen LogP contribution in [0.1, 0.15) is 42.5 Å². The van der Waals surface area contributed by atoms with Gasteiger partial charge in [0.1, 0.15) is 5.82 Å². The SMILES string of the molecule is O=C(O)c1cc(NCC2CCCCC2)nc2ccccc12. The minimum atomic E-state index is -0.908. The van der Waals surface area contributed by atoms with Crippen LogP contribution in [0.3, 0.4) is 0 Å². The number of hydrogen-bond donors (Lipinski definition) is 2. The molecule has 110 valence electrons. The first kappa shape index (κ1) is 13.9. The zero-order valence-corrected chi connectivity index (χ0v) is 12.0. The van der Waals surface area contributed by atoms with Crippen molar-refractivity contribution in [2.24, 2.45) is 5.92 Å². The van der Waals surface area contributed by atoms with Gasteiger partial charge in [-0.05, 0) is 30.9 Å². The number of pyridine rings is 1. The number of aromatic nitrogens is 1. The zero-order chi connectivity index (χ0) is 14.7. The first-order valence-corrected chi connectivity index (χ1v) is 7.61. The molecule has 1 aliphatic carbocycles. The molecule has 2 N–H and O–H groups in total. The summed E-state index contributed by atoms with van der Waals surface area (Å²) in [5.41, 5.74) is 1.04. The number of benzene rings is 1. The number of aromatic carboxylic acids is 1. The van der Waals surface area contributed by atoms with Crippen LogP contribution >= 0.6 is 0 Å². The molecule has 0 saturated heterocycles. The van der Waals surface area contributed by atoms with E-state index in [1.807, 2.05) is 18.2 Å². The van der Waals surface area contributed by atoms with Crippen LogP contribution in [0, 0.1) is 5.92 Å². The Kier molecular flexibility index (Phi) is 4.04. The fourth-order valence-corrected chi connectivity index (χ4v) is 3.08. The van der Waals surface area contributed by atoms with Crippen LogP contribution in [-0.2, 0) is 0 Å². The van der Waals surface area contributed by atoms with E-state index in [4.69, 9.17) is 0 Å². The Morgan fingerprint density at radius 2 is 2.00 bits per heavy atom. The van der Waals surface area contributed by atoms with Crippen LogP contribution in [-0.4, -0.2) is 22.6 Å². The smallest absolute Gasteiger partial charge is 0.336 e. The number of para-hydroxylation sites is 1. The van der Waals surface area contributed by atoms with Crippen LogP contribution in [0.4, 0.5) is 5.82 Å². The second kappa shape index (κ2) is 6.12. The summed E-state index contributed by atoms with van der Waals surface area (Å²) in [6.07, 6.45) is 6.46. The first-order chi connectivity index (χ1) is 10.2. The van der Waals surface area contributed by atoms with E-state index in [1.54, 1.807) is 12.1 Å². The predicted octanol–water partition coefficient (Wildman–Crippen LogP) is 3.93. The third-order valence-corrected chi connectivity index (χ3v) is 4.24. The molecule has 21 heavy (non-hydrogen) atoms. The van der Waals surface area contributed by atoms with Gasteiger partial charge in [-0.3, -0.25) is 0 Å². The molecular formula is C17H20N2O2. The van der Waals surface area contributed by atoms with Crippen LogP contribution < -0.4 is 5.32 Å². The van der Waals surface area contributed by atoms with Gasteiger partial charge in [-0.15, -0.1) is 0 Å². The lowest BCUT2D eigenvalue weighted by molar-refractivity contribution is 0.0699. The van der Waals surface area contributed by atoms with E-state index in [9.17, 15) is 9.90 Å². The van der Waals surface area contributed by atoms with Crippen molar-refractivity contribution in [2.45, 2.75) is 32.1 Å². The highest BCUT2D eigenvalue weighted by molar-refractivity contribution is 6.03. The number of anilines is 1. The van der Waals surface area contributed by atoms with Crippen molar-refractivity contribution in [3.8, 4) is 0 Å². The molecule has 1 aliphatic rings. The maximum atomic E-state index is 11.4. The molecule has 0 amide bonds. The maximum absolute atomic E-state index is 11.4. The van der Waals surface area contributed by atoms with Crippen molar-refractivity contribution in [3.05, 3.63) is 35.9 Å². The van der Waals surface area contributed by atoms with Crippen LogP contribution in [0.2, 0.25) is 0 Å². The summed E-state index contributed by atoms with van der Waals surface area (Å²) in [6, 6.07) is 9.02. The van der Waals surface area contributed by atoms with Gasteiger partial charge >= 0.3 is 5.97 Å². The number of carboxylic acids is 1. The molecule has 0 spiro atoms. The Hall–Kier alpha value is -2.10. The Balaban J connectivity index is 1.83. The second-order valence-corrected chi connectivity index (χ2v) is 5.76. The molecule has 1 heterocycles. The highest BCUT2D eigenvalue weighted by atomic mass is 16.4. The Morgan fingerprint density at radius 3 is 2.76 bits per heavy atom. The lowest BCUT2D eigenvalue weighted by atomic mass is 9.89. The molecule has 0 aliphatic heterocycles. The van der Waals surface area contributed by atoms with Crippen LogP contribution in [0.5, 0.6) is 0 Å². The number of nitrogens with one attached hydrogen (secondary N) is 1. The van der Waals surface area contributed by atoms with E-state index in [0.717, 1.165) is 12.1 Å². The molecule has 3 rings (SSSR count). The molecule has 0 atom stereocenters. The average Bonchev–Trinajstić information content (AvgIpc) is 2.53. The zero-order valence-electron chi connectivity index (χ0n) is 12.0. The van der Waals surface area contributed by atoms with Gasteiger partial charge < -0.3 is 10.4 Å². The summed E-state index contributed by atoms with van der Waals surface area (Å²) in [6.45, 7) is 0.879. The summed E-state index contributed by atoms with van der Waals surface area (Å²) in [4.78, 5) is 15.9. The lowest BCUT2D eigenvalue weighted by Gasteiger charge is -2.22. The van der Waals surface area contributed by atoms with Crippen molar-refractivity contribution in [2.75, 3.05) is 11.9 Å². The molecule has 0 unspecified atom stereocenters. The fourth-order valence-electron chi connectivity index (χ4n) is 3.08. The van der Waals surface area contributed by atoms with Gasteiger partial charge in [-0.25, -0.2) is 9.78 Å². The van der Waals surface area contributed by atoms with E-state index < -0.39 is 5.97 Å². The van der Waals surface area contributed by atoms with Crippen molar-refractivity contribution in [3.63, 3.8) is 0 Å². The molecule has 4 heteroatoms. The summed E-state index contributed by atoms with van der Waals surface area (Å²) in [5.74, 6) is 0.436. The normalized spacial score (nSPS) is 16.0. The van der Waals surface area contributed by atoms with Crippen molar-refractivity contribution >= 4 is 22.7 Å². The third-order valence-electron chi connectivity index (χ3n) is 4.24. The summed E-state index contributed by atoms with van der Waals surface area (Å²) < 4.78 is 0. The van der Waals surface area contributed by atoms with E-state index in [1.165, 1.54) is 32.1 Å². The Bertz CT molecular complexity index is 648. The summed E-state index contributed by atoms with van der Waals surface area (Å²) in [7, 11) is 0. The predicted molar refractivity (Wildman–Crippen MR) is 83.8 cm³/mol. The molecule has 1 aromatic carbocycles. The first-order valence-electron chi connectivity index (χ1n) is 7.61. The minimum Gasteiger partial charge on any atom is -0.478 e. The summed E-state index contributed by atoms with van der Waals surface area (Å²) in [5, 5.41) is 13.4. The van der Waals surface area contributed by atoms with E-state index in [-0.39, 0.29) is 0 Å². The number of carboxylic acid groups (broad SMARTS) is 1. The van der Waals surface area contributed by atoms with Gasteiger partial charge in [-0.2, -0.15) is 0 Å². The standard InChI is InChI=1S/C17H20N2O2/c20-17(21)14-10-16(18-11-12-6-2-1-3-7-12)19-15-9-5-4-8-13(14)15/h4-5,8-10,12H,1-3,6-7,11H2,(H,18,19)(H,20,21). The molecule has 1 saturated carbocycles. The summed E-state index contributed by atoms with van der Waals surface area (Å²) >= 11 is 0. The number of hydrogen-bond acceptors (Lipinski definition) is 3. The molecule has 4 nitrogen and oxygen atoms in total. The van der Waals surface area contributed by atoms with Gasteiger partial charge in [0, 0.05) is 11.9 Å². The van der Waals surface area contributed by atoms with Gasteiger partial charge in [0.2, 0.25) is 0 Å². The highest BCUT2D eigenvalue weighted by Gasteiger charge is 2.15. The van der Waals surface area contributed by atoms with E-state index >= 15 is 0 Å². The van der Waals surface area contributed by atoms with Gasteiger partial charge in [-0.1, -0.05) is 37.5 Å². The number of fused-ring (bicyclic) bond motifs is 1. The van der Waals surface area contributed by atoms with E-state index in [2.05, 4.69) is 10.3 Å². The van der Waals surface area contributed by atoms with Crippen molar-refractivity contribution < 1.29 is 9.90 Å². The molecule has 2 aromatic rings. The highest BCUT2D eigenvalue weighted by Crippen LogP contribution is 2.25. The number of rotatable bonds is 4. The minimum absolute atomic E-state index is 0.312. The Morgan fingerprint density at radius 1 is 1.24 bits per heavy atom. The van der Waals surface area contributed by atoms with Crippen LogP contribution in [0.25, 0.3) is 10.9 Å². The quantitative estimate of drug-likeness (QED) is 0.893. The number of nitrogens with zero attached hydrogens (tertiary/aromatic N) is 1. The Labute approximate surface area is 124 Å². The number of carbonyl (C=O) groups is 1. The maximum Gasteiger partial charge on any atom is 0.336 e. The van der Waals surface area contributed by atoms with Crippen molar-refractivity contribution in [1.29, 1.82) is 0 Å². The van der Waals surface area contributed by atoms with Gasteiger partial charge in [0.25, 0.3) is 0 Å². The van der Waals surface area contributed by atoms with Crippen molar-refractivity contribution in [1.82, 2.24) is 4.98 Å². The van der Waals surface area contributed by atoms with Gasteiger partial charge in [0.05, 0.1) is 11.1 Å². The second-order valence-electron chi connectivity index (χ2n) is 5.76. The largest absolute Gasteiger partial charge is 0.478 e. The average molecular weight is 284 g/mol. The molecule has 0 radical (unpaired) electrons. The van der Waals surface area contributed by atoms with Gasteiger partial charge in [0.15, 0.2) is 0 Å². The molecular weight excluding hydrogens is 264 g/mol. The molecule has 0 bridgehead atoms. The third kappa shape index (κ3) is 3.15. The monoisotopic (exact) mass is 284 g/mol. The molecule has 1 fully saturated rings. The van der Waals surface area contributed by atoms with Crippen LogP contribution in [0.15, 0.2) is 30.3 Å². The lowest BCUT2D eigenvalue weighted by Crippen LogP contribution is -2.18. The fraction of sp³-hybridized carbons (Fsp3) is 0.412. The molecule has 1 aromatic heterocycles. The van der Waals surface area contributed by atoms with E-state index in [0.29, 0.717) is 22.7 Å². The topological polar surface area (TPSA) is 62.2 Å².